The maximum Gasteiger partial charge on any atom is 0.0985 e. The number of rotatable bonds is 6. The van der Waals surface area contributed by atoms with Crippen LogP contribution < -0.4 is 5.32 Å². The van der Waals surface area contributed by atoms with Crippen molar-refractivity contribution in [2.24, 2.45) is 0 Å². The van der Waals surface area contributed by atoms with Gasteiger partial charge in [-0.1, -0.05) is 18.7 Å². The van der Waals surface area contributed by atoms with E-state index in [-0.39, 0.29) is 0 Å². The Morgan fingerprint density at radius 3 is 2.57 bits per heavy atom. The lowest BCUT2D eigenvalue weighted by molar-refractivity contribution is 0.722. The summed E-state index contributed by atoms with van der Waals surface area (Å²) in [5.74, 6) is 0. The van der Waals surface area contributed by atoms with Crippen molar-refractivity contribution in [2.75, 3.05) is 6.54 Å². The number of allylic oxidation sites excluding steroid dienone is 4. The summed E-state index contributed by atoms with van der Waals surface area (Å²) in [4.78, 5) is 0. The van der Waals surface area contributed by atoms with Crippen LogP contribution >= 0.6 is 0 Å². The number of nitrogens with one attached hydrogen (secondary N) is 1. The van der Waals surface area contributed by atoms with Gasteiger partial charge in [0.1, 0.15) is 0 Å². The maximum absolute atomic E-state index is 8.51. The van der Waals surface area contributed by atoms with Gasteiger partial charge in [0.25, 0.3) is 0 Å². The number of hydrogen-bond donors (Lipinski definition) is 1. The lowest BCUT2D eigenvalue weighted by Crippen LogP contribution is -2.11. The molecule has 14 heavy (non-hydrogen) atoms. The minimum absolute atomic E-state index is 0.523. The van der Waals surface area contributed by atoms with Crippen LogP contribution in [0.15, 0.2) is 36.1 Å². The number of nitriles is 1. The van der Waals surface area contributed by atoms with E-state index in [0.29, 0.717) is 5.57 Å². The van der Waals surface area contributed by atoms with Gasteiger partial charge in [-0.15, -0.1) is 0 Å². The van der Waals surface area contributed by atoms with Gasteiger partial charge in [0, 0.05) is 17.8 Å². The SMILES string of the molecule is C=C(C#N)/C=C(\C)CCCNC(=C)C. The zero-order chi connectivity index (χ0) is 11.0. The maximum atomic E-state index is 8.51. The van der Waals surface area contributed by atoms with E-state index in [4.69, 9.17) is 5.26 Å². The molecule has 0 fully saturated rings. The molecule has 2 nitrogen and oxygen atoms in total. The van der Waals surface area contributed by atoms with Crippen molar-refractivity contribution in [1.82, 2.24) is 5.32 Å². The Labute approximate surface area is 86.6 Å². The van der Waals surface area contributed by atoms with Crippen LogP contribution in [0.4, 0.5) is 0 Å². The molecule has 0 aromatic carbocycles. The second-order valence-corrected chi connectivity index (χ2v) is 3.44. The normalized spacial score (nSPS) is 10.5. The Morgan fingerprint density at radius 2 is 2.07 bits per heavy atom. The van der Waals surface area contributed by atoms with Gasteiger partial charge in [-0.3, -0.25) is 0 Å². The Kier molecular flexibility index (Phi) is 6.22. The first kappa shape index (κ1) is 12.5. The molecule has 1 N–H and O–H groups in total. The molecule has 0 spiro atoms. The van der Waals surface area contributed by atoms with Crippen LogP contribution in [0.5, 0.6) is 0 Å². The van der Waals surface area contributed by atoms with Crippen LogP contribution in [0.25, 0.3) is 0 Å². The third-order valence-electron chi connectivity index (χ3n) is 1.74. The van der Waals surface area contributed by atoms with E-state index >= 15 is 0 Å². The minimum Gasteiger partial charge on any atom is -0.389 e. The third-order valence-corrected chi connectivity index (χ3v) is 1.74. The molecule has 0 saturated carbocycles. The van der Waals surface area contributed by atoms with Crippen molar-refractivity contribution in [1.29, 1.82) is 5.26 Å². The van der Waals surface area contributed by atoms with Gasteiger partial charge >= 0.3 is 0 Å². The molecule has 0 atom stereocenters. The summed E-state index contributed by atoms with van der Waals surface area (Å²) in [6.45, 7) is 12.2. The van der Waals surface area contributed by atoms with Crippen molar-refractivity contribution in [3.63, 3.8) is 0 Å². The van der Waals surface area contributed by atoms with Gasteiger partial charge in [-0.25, -0.2) is 0 Å². The molecule has 0 aromatic rings. The van der Waals surface area contributed by atoms with Gasteiger partial charge in [0.15, 0.2) is 0 Å². The van der Waals surface area contributed by atoms with Crippen molar-refractivity contribution < 1.29 is 0 Å². The minimum atomic E-state index is 0.523. The fourth-order valence-corrected chi connectivity index (χ4v) is 1.07. The number of nitrogens with zero attached hydrogens (tertiary/aromatic N) is 1. The number of hydrogen-bond acceptors (Lipinski definition) is 2. The second kappa shape index (κ2) is 6.97. The Bertz CT molecular complexity index is 279. The highest BCUT2D eigenvalue weighted by molar-refractivity contribution is 5.31. The van der Waals surface area contributed by atoms with Gasteiger partial charge in [-0.2, -0.15) is 5.26 Å². The molecular formula is C12H18N2. The van der Waals surface area contributed by atoms with Crippen LogP contribution in [0.3, 0.4) is 0 Å². The van der Waals surface area contributed by atoms with Gasteiger partial charge in [0.05, 0.1) is 6.07 Å². The van der Waals surface area contributed by atoms with Crippen molar-refractivity contribution in [3.05, 3.63) is 36.1 Å². The summed E-state index contributed by atoms with van der Waals surface area (Å²) in [7, 11) is 0. The van der Waals surface area contributed by atoms with Crippen LogP contribution in [0, 0.1) is 11.3 Å². The summed E-state index contributed by atoms with van der Waals surface area (Å²) in [6, 6.07) is 2.00. The fraction of sp³-hybridized carbons (Fsp3) is 0.417. The van der Waals surface area contributed by atoms with E-state index in [0.717, 1.165) is 25.1 Å². The Hall–Kier alpha value is -1.49. The molecule has 0 saturated heterocycles. The first-order valence-corrected chi connectivity index (χ1v) is 4.72. The highest BCUT2D eigenvalue weighted by Gasteiger charge is 1.92. The lowest BCUT2D eigenvalue weighted by atomic mass is 10.1. The molecule has 0 unspecified atom stereocenters. The third kappa shape index (κ3) is 7.17. The monoisotopic (exact) mass is 190 g/mol. The largest absolute Gasteiger partial charge is 0.389 e. The molecule has 76 valence electrons. The van der Waals surface area contributed by atoms with E-state index in [1.807, 2.05) is 26.0 Å². The van der Waals surface area contributed by atoms with Crippen LogP contribution in [-0.4, -0.2) is 6.54 Å². The molecule has 2 heteroatoms. The van der Waals surface area contributed by atoms with E-state index in [2.05, 4.69) is 18.5 Å². The molecule has 0 radical (unpaired) electrons. The summed E-state index contributed by atoms with van der Waals surface area (Å²) in [6.07, 6.45) is 3.87. The molecule has 0 amide bonds. The van der Waals surface area contributed by atoms with Crippen LogP contribution in [0.1, 0.15) is 26.7 Å². The molecule has 0 bridgehead atoms. The molecule has 0 aliphatic heterocycles. The standard InChI is InChI=1S/C12H18N2/c1-10(2)14-7-5-6-11(3)8-12(4)9-13/h8,14H,1,4-7H2,2-3H3/b11-8+. The first-order chi connectivity index (χ1) is 6.56. The van der Waals surface area contributed by atoms with Gasteiger partial charge in [0.2, 0.25) is 0 Å². The predicted molar refractivity (Wildman–Crippen MR) is 60.6 cm³/mol. The first-order valence-electron chi connectivity index (χ1n) is 4.72. The van der Waals surface area contributed by atoms with E-state index < -0.39 is 0 Å². The predicted octanol–water partition coefficient (Wildman–Crippen LogP) is 2.92. The fourth-order valence-electron chi connectivity index (χ4n) is 1.07. The van der Waals surface area contributed by atoms with Crippen molar-refractivity contribution >= 4 is 0 Å². The zero-order valence-corrected chi connectivity index (χ0v) is 9.06. The molecule has 0 heterocycles. The second-order valence-electron chi connectivity index (χ2n) is 3.44. The average molecular weight is 190 g/mol. The topological polar surface area (TPSA) is 35.8 Å². The van der Waals surface area contributed by atoms with Gasteiger partial charge < -0.3 is 5.32 Å². The summed E-state index contributed by atoms with van der Waals surface area (Å²) in [5, 5.41) is 11.7. The summed E-state index contributed by atoms with van der Waals surface area (Å²) >= 11 is 0. The van der Waals surface area contributed by atoms with E-state index in [9.17, 15) is 0 Å². The highest BCUT2D eigenvalue weighted by Crippen LogP contribution is 2.06. The smallest absolute Gasteiger partial charge is 0.0985 e. The van der Waals surface area contributed by atoms with Crippen LogP contribution in [0.2, 0.25) is 0 Å². The van der Waals surface area contributed by atoms with E-state index in [1.54, 1.807) is 0 Å². The van der Waals surface area contributed by atoms with Crippen LogP contribution in [-0.2, 0) is 0 Å². The molecular weight excluding hydrogens is 172 g/mol. The average Bonchev–Trinajstić information content (AvgIpc) is 2.12. The van der Waals surface area contributed by atoms with Crippen molar-refractivity contribution in [2.45, 2.75) is 26.7 Å². The quantitative estimate of drug-likeness (QED) is 0.397. The molecule has 0 aliphatic carbocycles. The van der Waals surface area contributed by atoms with Gasteiger partial charge in [-0.05, 0) is 32.8 Å². The Morgan fingerprint density at radius 1 is 1.43 bits per heavy atom. The molecule has 0 aliphatic rings. The molecule has 0 aromatic heterocycles. The van der Waals surface area contributed by atoms with E-state index in [1.165, 1.54) is 5.57 Å². The summed E-state index contributed by atoms with van der Waals surface area (Å²) in [5.41, 5.74) is 2.71. The summed E-state index contributed by atoms with van der Waals surface area (Å²) < 4.78 is 0. The lowest BCUT2D eigenvalue weighted by Gasteiger charge is -2.04. The Balaban J connectivity index is 3.70. The zero-order valence-electron chi connectivity index (χ0n) is 9.06. The highest BCUT2D eigenvalue weighted by atomic mass is 14.9. The molecule has 0 rings (SSSR count). The van der Waals surface area contributed by atoms with Crippen molar-refractivity contribution in [3.8, 4) is 6.07 Å².